The van der Waals surface area contributed by atoms with Gasteiger partial charge in [0.15, 0.2) is 12.6 Å². The van der Waals surface area contributed by atoms with Gasteiger partial charge in [-0.2, -0.15) is 0 Å². The Morgan fingerprint density at radius 3 is 2.67 bits per heavy atom. The predicted molar refractivity (Wildman–Crippen MR) is 76.0 cm³/mol. The van der Waals surface area contributed by atoms with Gasteiger partial charge in [-0.05, 0) is 43.9 Å². The molecule has 0 radical (unpaired) electrons. The van der Waals surface area contributed by atoms with E-state index in [1.54, 1.807) is 6.92 Å². The summed E-state index contributed by atoms with van der Waals surface area (Å²) in [6.45, 7) is 6.15. The zero-order valence-electron chi connectivity index (χ0n) is 13.2. The molecule has 2 saturated heterocycles. The van der Waals surface area contributed by atoms with Crippen molar-refractivity contribution in [2.24, 2.45) is 29.6 Å². The Bertz CT molecular complexity index is 376. The van der Waals surface area contributed by atoms with Crippen LogP contribution in [0, 0.1) is 29.6 Å². The van der Waals surface area contributed by atoms with Crippen molar-refractivity contribution in [3.8, 4) is 0 Å². The molecule has 0 amide bonds. The summed E-state index contributed by atoms with van der Waals surface area (Å²) in [5.41, 5.74) is 0. The number of ether oxygens (including phenoxy) is 2. The fourth-order valence-electron chi connectivity index (χ4n) is 4.89. The second-order valence-corrected chi connectivity index (χ2v) is 7.31. The molecule has 1 aliphatic carbocycles. The zero-order chi connectivity index (χ0) is 15.2. The molecule has 3 rings (SSSR count). The number of aliphatic hydroxyl groups excluding tert-OH is 1. The second-order valence-electron chi connectivity index (χ2n) is 7.31. The molecule has 0 aromatic carbocycles. The van der Waals surface area contributed by atoms with Gasteiger partial charge in [0.25, 0.3) is 0 Å². The third-order valence-electron chi connectivity index (χ3n) is 6.14. The fourth-order valence-corrected chi connectivity index (χ4v) is 4.89. The number of hydrogen-bond acceptors (Lipinski definition) is 5. The topological polar surface area (TPSA) is 68.2 Å². The van der Waals surface area contributed by atoms with Gasteiger partial charge in [-0.1, -0.05) is 20.3 Å². The maximum absolute atomic E-state index is 10.3. The van der Waals surface area contributed by atoms with E-state index < -0.39 is 18.4 Å². The molecule has 2 N–H and O–H groups in total. The molecule has 21 heavy (non-hydrogen) atoms. The summed E-state index contributed by atoms with van der Waals surface area (Å²) in [5.74, 6) is 1.00. The summed E-state index contributed by atoms with van der Waals surface area (Å²) in [5, 5.41) is 19.5. The van der Waals surface area contributed by atoms with Crippen LogP contribution >= 0.6 is 0 Å². The van der Waals surface area contributed by atoms with E-state index in [0.29, 0.717) is 30.1 Å². The van der Waals surface area contributed by atoms with Crippen molar-refractivity contribution in [3.05, 3.63) is 0 Å². The van der Waals surface area contributed by atoms with Crippen LogP contribution in [0.5, 0.6) is 0 Å². The van der Waals surface area contributed by atoms with E-state index in [4.69, 9.17) is 9.47 Å². The highest BCUT2D eigenvalue weighted by Gasteiger charge is 2.54. The average molecular weight is 300 g/mol. The molecule has 1 saturated carbocycles. The molecule has 8 atom stereocenters. The third-order valence-corrected chi connectivity index (χ3v) is 6.14. The van der Waals surface area contributed by atoms with Crippen molar-refractivity contribution in [1.29, 1.82) is 0 Å². The summed E-state index contributed by atoms with van der Waals surface area (Å²) >= 11 is 0. The molecule has 6 unspecified atom stereocenters. The monoisotopic (exact) mass is 300 g/mol. The van der Waals surface area contributed by atoms with Crippen LogP contribution < -0.4 is 0 Å². The predicted octanol–water partition coefficient (Wildman–Crippen LogP) is 2.98. The van der Waals surface area contributed by atoms with Gasteiger partial charge in [0.05, 0.1) is 0 Å². The van der Waals surface area contributed by atoms with Crippen LogP contribution in [0.3, 0.4) is 0 Å². The van der Waals surface area contributed by atoms with Gasteiger partial charge in [-0.3, -0.25) is 0 Å². The van der Waals surface area contributed by atoms with Crippen molar-refractivity contribution < 1.29 is 24.7 Å². The molecule has 2 aliphatic heterocycles. The SMILES string of the molecule is CCC1C(O)O[C@@H]2OC(C)(OO)CCC3C2C1CC[C@H]3C. The van der Waals surface area contributed by atoms with Crippen LogP contribution in [0.25, 0.3) is 0 Å². The van der Waals surface area contributed by atoms with Crippen molar-refractivity contribution in [1.82, 2.24) is 0 Å². The van der Waals surface area contributed by atoms with Crippen molar-refractivity contribution in [2.45, 2.75) is 71.2 Å². The van der Waals surface area contributed by atoms with E-state index in [2.05, 4.69) is 18.7 Å². The molecule has 122 valence electrons. The van der Waals surface area contributed by atoms with Crippen molar-refractivity contribution in [3.63, 3.8) is 0 Å². The Kier molecular flexibility index (Phi) is 4.32. The summed E-state index contributed by atoms with van der Waals surface area (Å²) in [4.78, 5) is 4.60. The highest BCUT2D eigenvalue weighted by Crippen LogP contribution is 2.53. The Balaban J connectivity index is 1.92. The molecule has 0 spiro atoms. The third kappa shape index (κ3) is 2.63. The number of hydrogen-bond donors (Lipinski definition) is 2. The van der Waals surface area contributed by atoms with E-state index in [1.165, 1.54) is 6.42 Å². The molecular weight excluding hydrogens is 272 g/mol. The Morgan fingerprint density at radius 2 is 2.00 bits per heavy atom. The smallest absolute Gasteiger partial charge is 0.201 e. The molecular formula is C16H28O5. The Labute approximate surface area is 126 Å². The highest BCUT2D eigenvalue weighted by atomic mass is 17.1. The van der Waals surface area contributed by atoms with Gasteiger partial charge in [-0.25, -0.2) is 10.1 Å². The summed E-state index contributed by atoms with van der Waals surface area (Å²) in [6, 6.07) is 0. The standard InChI is InChI=1S/C16H28O5/c1-4-10-12-6-5-9(2)11-7-8-16(3,21-18)20-15(13(11)12)19-14(10)17/h9-15,17-18H,4-8H2,1-3H3/t9-,10?,11?,12?,13?,14?,15-,16?/m1/s1. The molecule has 2 heterocycles. The zero-order valence-corrected chi connectivity index (χ0v) is 13.2. The molecule has 0 aromatic rings. The maximum Gasteiger partial charge on any atom is 0.201 e. The molecule has 5 nitrogen and oxygen atoms in total. The van der Waals surface area contributed by atoms with Gasteiger partial charge in [-0.15, -0.1) is 0 Å². The van der Waals surface area contributed by atoms with Crippen molar-refractivity contribution >= 4 is 0 Å². The first-order valence-corrected chi connectivity index (χ1v) is 8.33. The average Bonchev–Trinajstić information content (AvgIpc) is 2.61. The van der Waals surface area contributed by atoms with Gasteiger partial charge in [0, 0.05) is 18.3 Å². The minimum atomic E-state index is -1.04. The lowest BCUT2D eigenvalue weighted by Gasteiger charge is -2.51. The molecule has 0 bridgehead atoms. The van der Waals surface area contributed by atoms with E-state index in [0.717, 1.165) is 19.3 Å². The first-order chi connectivity index (χ1) is 9.99. The van der Waals surface area contributed by atoms with Crippen LogP contribution in [0.1, 0.15) is 52.9 Å². The molecule has 3 aliphatic rings. The summed E-state index contributed by atoms with van der Waals surface area (Å²) < 4.78 is 11.7. The quantitative estimate of drug-likeness (QED) is 0.606. The van der Waals surface area contributed by atoms with Crippen molar-refractivity contribution in [2.75, 3.05) is 0 Å². The van der Waals surface area contributed by atoms with Gasteiger partial charge >= 0.3 is 0 Å². The lowest BCUT2D eigenvalue weighted by molar-refractivity contribution is -0.443. The van der Waals surface area contributed by atoms with E-state index in [-0.39, 0.29) is 5.92 Å². The maximum atomic E-state index is 10.3. The van der Waals surface area contributed by atoms with Crippen LogP contribution in [-0.2, 0) is 14.4 Å². The van der Waals surface area contributed by atoms with Crippen LogP contribution in [0.2, 0.25) is 0 Å². The summed E-state index contributed by atoms with van der Waals surface area (Å²) in [6.07, 6.45) is 3.58. The van der Waals surface area contributed by atoms with Crippen LogP contribution in [0.15, 0.2) is 0 Å². The first-order valence-electron chi connectivity index (χ1n) is 8.33. The lowest BCUT2D eigenvalue weighted by atomic mass is 9.60. The highest BCUT2D eigenvalue weighted by molar-refractivity contribution is 4.96. The van der Waals surface area contributed by atoms with Gasteiger partial charge in [0.2, 0.25) is 5.79 Å². The lowest BCUT2D eigenvalue weighted by Crippen LogP contribution is -2.54. The van der Waals surface area contributed by atoms with Crippen LogP contribution in [0.4, 0.5) is 0 Å². The second kappa shape index (κ2) is 5.78. The minimum absolute atomic E-state index is 0.184. The first kappa shape index (κ1) is 15.7. The fraction of sp³-hybridized carbons (Fsp3) is 1.00. The number of aliphatic hydroxyl groups is 1. The Morgan fingerprint density at radius 1 is 1.24 bits per heavy atom. The minimum Gasteiger partial charge on any atom is -0.368 e. The largest absolute Gasteiger partial charge is 0.368 e. The summed E-state index contributed by atoms with van der Waals surface area (Å²) in [7, 11) is 0. The van der Waals surface area contributed by atoms with Crippen LogP contribution in [-0.4, -0.2) is 28.7 Å². The normalized spacial score (nSPS) is 53.9. The Hall–Kier alpha value is -0.200. The molecule has 5 heteroatoms. The van der Waals surface area contributed by atoms with E-state index in [9.17, 15) is 10.4 Å². The van der Waals surface area contributed by atoms with Gasteiger partial charge < -0.3 is 14.6 Å². The van der Waals surface area contributed by atoms with E-state index >= 15 is 0 Å². The van der Waals surface area contributed by atoms with E-state index in [1.807, 2.05) is 0 Å². The van der Waals surface area contributed by atoms with Gasteiger partial charge in [0.1, 0.15) is 0 Å². The number of rotatable bonds is 2. The molecule has 0 aromatic heterocycles. The molecule has 3 fully saturated rings.